The van der Waals surface area contributed by atoms with E-state index in [1.165, 1.54) is 19.4 Å². The number of anilines is 1. The summed E-state index contributed by atoms with van der Waals surface area (Å²) in [6.45, 7) is 7.40. The van der Waals surface area contributed by atoms with E-state index in [1.54, 1.807) is 0 Å². The standard InChI is InChI=1S/C14H23ClN4/c1-10-11(2)14(17-16-13(10)15)19-7-5-12(6-8-19)9-18(3)4/h12H,5-9H2,1-4H3. The van der Waals surface area contributed by atoms with Gasteiger partial charge in [-0.25, -0.2) is 0 Å². The second-order valence-electron chi connectivity index (χ2n) is 5.76. The van der Waals surface area contributed by atoms with Gasteiger partial charge in [-0.1, -0.05) is 11.6 Å². The molecule has 106 valence electrons. The zero-order valence-electron chi connectivity index (χ0n) is 12.3. The van der Waals surface area contributed by atoms with Crippen LogP contribution >= 0.6 is 11.6 Å². The third-order valence-corrected chi connectivity index (χ3v) is 4.34. The zero-order chi connectivity index (χ0) is 14.0. The lowest BCUT2D eigenvalue weighted by Crippen LogP contribution is -2.38. The van der Waals surface area contributed by atoms with E-state index >= 15 is 0 Å². The Bertz CT molecular complexity index is 439. The molecule has 0 unspecified atom stereocenters. The highest BCUT2D eigenvalue weighted by atomic mass is 35.5. The molecule has 0 amide bonds. The van der Waals surface area contributed by atoms with Crippen molar-refractivity contribution in [2.24, 2.45) is 5.92 Å². The smallest absolute Gasteiger partial charge is 0.155 e. The maximum absolute atomic E-state index is 6.01. The minimum absolute atomic E-state index is 0.517. The van der Waals surface area contributed by atoms with Gasteiger partial charge in [0.15, 0.2) is 11.0 Å². The molecule has 0 aromatic carbocycles. The van der Waals surface area contributed by atoms with E-state index in [9.17, 15) is 0 Å². The fraction of sp³-hybridized carbons (Fsp3) is 0.714. The molecule has 5 heteroatoms. The van der Waals surface area contributed by atoms with Crippen molar-refractivity contribution in [3.63, 3.8) is 0 Å². The van der Waals surface area contributed by atoms with Crippen LogP contribution < -0.4 is 4.90 Å². The molecular formula is C14H23ClN4. The molecule has 2 rings (SSSR count). The van der Waals surface area contributed by atoms with Crippen LogP contribution in [0, 0.1) is 19.8 Å². The molecule has 0 aliphatic carbocycles. The monoisotopic (exact) mass is 282 g/mol. The molecule has 0 saturated carbocycles. The van der Waals surface area contributed by atoms with Gasteiger partial charge in [-0.2, -0.15) is 0 Å². The molecule has 1 aliphatic heterocycles. The Morgan fingerprint density at radius 2 is 1.79 bits per heavy atom. The fourth-order valence-corrected chi connectivity index (χ4v) is 2.89. The number of rotatable bonds is 3. The highest BCUT2D eigenvalue weighted by Gasteiger charge is 2.22. The van der Waals surface area contributed by atoms with E-state index in [1.807, 2.05) is 6.92 Å². The van der Waals surface area contributed by atoms with Crippen molar-refractivity contribution in [1.82, 2.24) is 15.1 Å². The maximum atomic E-state index is 6.01. The molecule has 19 heavy (non-hydrogen) atoms. The molecule has 0 radical (unpaired) electrons. The van der Waals surface area contributed by atoms with Gasteiger partial charge in [0.05, 0.1) is 0 Å². The van der Waals surface area contributed by atoms with Gasteiger partial charge in [-0.15, -0.1) is 10.2 Å². The Morgan fingerprint density at radius 3 is 2.37 bits per heavy atom. The lowest BCUT2D eigenvalue weighted by Gasteiger charge is -2.34. The van der Waals surface area contributed by atoms with Crippen LogP contribution in [-0.2, 0) is 0 Å². The van der Waals surface area contributed by atoms with Crippen LogP contribution in [-0.4, -0.2) is 48.8 Å². The van der Waals surface area contributed by atoms with Crippen LogP contribution in [0.2, 0.25) is 5.15 Å². The molecular weight excluding hydrogens is 260 g/mol. The topological polar surface area (TPSA) is 32.3 Å². The predicted octanol–water partition coefficient (Wildman–Crippen LogP) is 2.52. The minimum Gasteiger partial charge on any atom is -0.355 e. The summed E-state index contributed by atoms with van der Waals surface area (Å²) in [4.78, 5) is 4.62. The summed E-state index contributed by atoms with van der Waals surface area (Å²) in [5.41, 5.74) is 2.20. The first kappa shape index (κ1) is 14.5. The number of aromatic nitrogens is 2. The number of hydrogen-bond acceptors (Lipinski definition) is 4. The Balaban J connectivity index is 2.04. The van der Waals surface area contributed by atoms with Crippen molar-refractivity contribution in [3.05, 3.63) is 16.3 Å². The Kier molecular flexibility index (Phi) is 4.63. The normalized spacial score (nSPS) is 17.3. The van der Waals surface area contributed by atoms with Gasteiger partial charge in [0.25, 0.3) is 0 Å². The van der Waals surface area contributed by atoms with Crippen LogP contribution in [0.3, 0.4) is 0 Å². The van der Waals surface area contributed by atoms with Crippen LogP contribution in [0.4, 0.5) is 5.82 Å². The van der Waals surface area contributed by atoms with Crippen LogP contribution in [0.25, 0.3) is 0 Å². The van der Waals surface area contributed by atoms with Gasteiger partial charge in [0, 0.05) is 19.6 Å². The van der Waals surface area contributed by atoms with Crippen molar-refractivity contribution < 1.29 is 0 Å². The van der Waals surface area contributed by atoms with Gasteiger partial charge in [0.2, 0.25) is 0 Å². The highest BCUT2D eigenvalue weighted by molar-refractivity contribution is 6.30. The first-order chi connectivity index (χ1) is 8.99. The molecule has 0 atom stereocenters. The number of halogens is 1. The SMILES string of the molecule is Cc1c(Cl)nnc(N2CCC(CN(C)C)CC2)c1C. The van der Waals surface area contributed by atoms with Gasteiger partial charge in [-0.3, -0.25) is 0 Å². The summed E-state index contributed by atoms with van der Waals surface area (Å²) in [6, 6.07) is 0. The average Bonchev–Trinajstić information content (AvgIpc) is 2.37. The Morgan fingerprint density at radius 1 is 1.16 bits per heavy atom. The third-order valence-electron chi connectivity index (χ3n) is 3.98. The highest BCUT2D eigenvalue weighted by Crippen LogP contribution is 2.27. The van der Waals surface area contributed by atoms with E-state index in [2.05, 4.69) is 41.0 Å². The van der Waals surface area contributed by atoms with E-state index < -0.39 is 0 Å². The van der Waals surface area contributed by atoms with Crippen molar-refractivity contribution in [3.8, 4) is 0 Å². The Labute approximate surface area is 120 Å². The minimum atomic E-state index is 0.517. The maximum Gasteiger partial charge on any atom is 0.155 e. The lowest BCUT2D eigenvalue weighted by atomic mass is 9.96. The molecule has 1 aromatic rings. The predicted molar refractivity (Wildman–Crippen MR) is 80.0 cm³/mol. The van der Waals surface area contributed by atoms with E-state index in [0.29, 0.717) is 5.15 Å². The van der Waals surface area contributed by atoms with Gasteiger partial charge < -0.3 is 9.80 Å². The van der Waals surface area contributed by atoms with Gasteiger partial charge >= 0.3 is 0 Å². The van der Waals surface area contributed by atoms with Crippen LogP contribution in [0.15, 0.2) is 0 Å². The van der Waals surface area contributed by atoms with Crippen molar-refractivity contribution in [2.75, 3.05) is 38.6 Å². The summed E-state index contributed by atoms with van der Waals surface area (Å²) >= 11 is 6.01. The van der Waals surface area contributed by atoms with Crippen molar-refractivity contribution in [2.45, 2.75) is 26.7 Å². The van der Waals surface area contributed by atoms with Crippen LogP contribution in [0.5, 0.6) is 0 Å². The second kappa shape index (κ2) is 6.06. The summed E-state index contributed by atoms with van der Waals surface area (Å²) < 4.78 is 0. The number of piperidine rings is 1. The van der Waals surface area contributed by atoms with Gasteiger partial charge in [0.1, 0.15) is 0 Å². The first-order valence-electron chi connectivity index (χ1n) is 6.88. The number of hydrogen-bond donors (Lipinski definition) is 0. The zero-order valence-corrected chi connectivity index (χ0v) is 13.0. The first-order valence-corrected chi connectivity index (χ1v) is 7.26. The Hall–Kier alpha value is -0.870. The molecule has 0 bridgehead atoms. The summed E-state index contributed by atoms with van der Waals surface area (Å²) in [7, 11) is 4.29. The van der Waals surface area contributed by atoms with Crippen LogP contribution in [0.1, 0.15) is 24.0 Å². The molecule has 0 spiro atoms. The number of nitrogens with zero attached hydrogens (tertiary/aromatic N) is 4. The summed E-state index contributed by atoms with van der Waals surface area (Å²) in [5, 5.41) is 8.85. The fourth-order valence-electron chi connectivity index (χ4n) is 2.71. The van der Waals surface area contributed by atoms with Crippen molar-refractivity contribution >= 4 is 17.4 Å². The molecule has 1 aliphatic rings. The average molecular weight is 283 g/mol. The van der Waals surface area contributed by atoms with Crippen molar-refractivity contribution in [1.29, 1.82) is 0 Å². The molecule has 2 heterocycles. The lowest BCUT2D eigenvalue weighted by molar-refractivity contribution is 0.284. The summed E-state index contributed by atoms with van der Waals surface area (Å²) in [6.07, 6.45) is 2.45. The molecule has 1 saturated heterocycles. The van der Waals surface area contributed by atoms with E-state index in [-0.39, 0.29) is 0 Å². The molecule has 1 aromatic heterocycles. The second-order valence-corrected chi connectivity index (χ2v) is 6.12. The van der Waals surface area contributed by atoms with Gasteiger partial charge in [-0.05, 0) is 57.8 Å². The largest absolute Gasteiger partial charge is 0.355 e. The summed E-state index contributed by atoms with van der Waals surface area (Å²) in [5.74, 6) is 1.80. The van der Waals surface area contributed by atoms with E-state index in [4.69, 9.17) is 11.6 Å². The quantitative estimate of drug-likeness (QED) is 0.853. The molecule has 0 N–H and O–H groups in total. The van der Waals surface area contributed by atoms with E-state index in [0.717, 1.165) is 36.0 Å². The molecule has 4 nitrogen and oxygen atoms in total. The molecule has 1 fully saturated rings. The third kappa shape index (κ3) is 3.37.